The lowest BCUT2D eigenvalue weighted by molar-refractivity contribution is -0.0233. The Kier molecular flexibility index (Phi) is 5.76. The molecule has 2 fully saturated rings. The molecule has 0 atom stereocenters. The largest absolute Gasteiger partial charge is 0.386 e. The number of hydrogen-bond donors (Lipinski definition) is 2. The van der Waals surface area contributed by atoms with Crippen molar-refractivity contribution in [2.75, 3.05) is 13.2 Å². The van der Waals surface area contributed by atoms with Crippen molar-refractivity contribution in [1.29, 1.82) is 5.41 Å². The number of hydrogen-bond acceptors (Lipinski definition) is 4. The van der Waals surface area contributed by atoms with Crippen molar-refractivity contribution >= 4 is 29.4 Å². The van der Waals surface area contributed by atoms with Crippen LogP contribution in [0.25, 0.3) is 5.57 Å². The minimum Gasteiger partial charge on any atom is -0.386 e. The first kappa shape index (κ1) is 21.5. The molecule has 0 bridgehead atoms. The van der Waals surface area contributed by atoms with Crippen LogP contribution < -0.4 is 5.73 Å². The van der Waals surface area contributed by atoms with Crippen LogP contribution in [0.2, 0.25) is 0 Å². The first-order valence-corrected chi connectivity index (χ1v) is 11.5. The third kappa shape index (κ3) is 4.18. The van der Waals surface area contributed by atoms with Crippen LogP contribution in [-0.4, -0.2) is 46.6 Å². The topological polar surface area (TPSA) is 119 Å². The molecule has 0 spiro atoms. The number of carbonyl (C=O) groups is 1. The molecular formula is C25H28N6O2. The van der Waals surface area contributed by atoms with E-state index in [0.29, 0.717) is 37.0 Å². The number of carbonyl (C=O) groups excluding carboxylic acids is 1. The van der Waals surface area contributed by atoms with Gasteiger partial charge in [0.25, 0.3) is 5.91 Å². The molecule has 2 aliphatic heterocycles. The molecule has 8 nitrogen and oxygen atoms in total. The molecule has 3 heterocycles. The van der Waals surface area contributed by atoms with Crippen molar-refractivity contribution in [3.8, 4) is 0 Å². The summed E-state index contributed by atoms with van der Waals surface area (Å²) in [5.41, 5.74) is 9.48. The van der Waals surface area contributed by atoms with Crippen molar-refractivity contribution in [2.45, 2.75) is 50.0 Å². The van der Waals surface area contributed by atoms with Crippen LogP contribution in [0, 0.1) is 5.41 Å². The van der Waals surface area contributed by atoms with Crippen molar-refractivity contribution in [1.82, 2.24) is 9.55 Å². The van der Waals surface area contributed by atoms with Gasteiger partial charge in [-0.05, 0) is 42.4 Å². The number of aliphatic imine (C=N–C) groups is 2. The minimum atomic E-state index is -0.413. The summed E-state index contributed by atoms with van der Waals surface area (Å²) in [5.74, 6) is 0.367. The Hall–Kier alpha value is -3.39. The standard InChI is InChI=1S/C25H28N6O2/c26-22-5-2-1-4-18(12-28-22)17-6-8-19(9-7-17)25(10-3-11-25)24(27)30-23(32)21-13-31(16-29-21)20-14-33-15-20/h4,6-9,12-13,16,20,26H,1-3,5,10-11,14-15H2,(H2,27,30,32)/b18-4+,26-22?,28-12?. The fourth-order valence-electron chi connectivity index (χ4n) is 4.50. The van der Waals surface area contributed by atoms with E-state index in [1.807, 2.05) is 4.57 Å². The molecule has 0 unspecified atom stereocenters. The van der Waals surface area contributed by atoms with Crippen LogP contribution in [0.1, 0.15) is 66.2 Å². The molecule has 8 heteroatoms. The number of ether oxygens (including phenoxy) is 1. The Morgan fingerprint density at radius 3 is 2.67 bits per heavy atom. The first-order chi connectivity index (χ1) is 16.0. The minimum absolute atomic E-state index is 0.237. The quantitative estimate of drug-likeness (QED) is 0.540. The van der Waals surface area contributed by atoms with Gasteiger partial charge in [0.15, 0.2) is 0 Å². The van der Waals surface area contributed by atoms with Crippen molar-refractivity contribution in [3.05, 3.63) is 59.7 Å². The molecule has 33 heavy (non-hydrogen) atoms. The predicted octanol–water partition coefficient (Wildman–Crippen LogP) is 3.69. The molecule has 1 saturated heterocycles. The maximum atomic E-state index is 12.7. The van der Waals surface area contributed by atoms with Crippen molar-refractivity contribution in [3.63, 3.8) is 0 Å². The Bertz CT molecular complexity index is 1150. The lowest BCUT2D eigenvalue weighted by Gasteiger charge is -2.41. The second-order valence-corrected chi connectivity index (χ2v) is 8.97. The Morgan fingerprint density at radius 1 is 1.21 bits per heavy atom. The molecular weight excluding hydrogens is 416 g/mol. The number of nitrogens with one attached hydrogen (secondary N) is 1. The van der Waals surface area contributed by atoms with Gasteiger partial charge in [0.2, 0.25) is 0 Å². The smallest absolute Gasteiger partial charge is 0.298 e. The maximum Gasteiger partial charge on any atom is 0.298 e. The highest BCUT2D eigenvalue weighted by atomic mass is 16.5. The summed E-state index contributed by atoms with van der Waals surface area (Å²) in [6.07, 6.45) is 12.7. The normalized spacial score (nSPS) is 22.5. The van der Waals surface area contributed by atoms with E-state index in [9.17, 15) is 4.79 Å². The highest BCUT2D eigenvalue weighted by molar-refractivity contribution is 6.13. The molecule has 2 aromatic rings. The number of nitrogens with two attached hydrogens (primary N) is 1. The number of amidine groups is 2. The Morgan fingerprint density at radius 2 is 2.00 bits per heavy atom. The SMILES string of the molecule is N=C1CCC/C=C(/c2ccc(C3(C(N)=NC(=O)c4cn(C5COC5)cn4)CCC3)cc2)C=N1. The summed E-state index contributed by atoms with van der Waals surface area (Å²) < 4.78 is 7.10. The van der Waals surface area contributed by atoms with E-state index in [0.717, 1.165) is 48.8 Å². The second kappa shape index (κ2) is 8.86. The van der Waals surface area contributed by atoms with Gasteiger partial charge in [0.05, 0.1) is 31.0 Å². The number of imidazole rings is 1. The molecule has 1 amide bonds. The Labute approximate surface area is 192 Å². The molecule has 1 aromatic heterocycles. The number of amides is 1. The molecule has 0 radical (unpaired) electrons. The van der Waals surface area contributed by atoms with Gasteiger partial charge in [0.1, 0.15) is 17.4 Å². The van der Waals surface area contributed by atoms with Crippen LogP contribution in [-0.2, 0) is 10.2 Å². The third-order valence-electron chi connectivity index (χ3n) is 6.89. The molecule has 5 rings (SSSR count). The summed E-state index contributed by atoms with van der Waals surface area (Å²) in [6, 6.07) is 8.52. The van der Waals surface area contributed by atoms with Crippen LogP contribution in [0.3, 0.4) is 0 Å². The summed E-state index contributed by atoms with van der Waals surface area (Å²) in [6.45, 7) is 1.28. The summed E-state index contributed by atoms with van der Waals surface area (Å²) >= 11 is 0. The summed E-state index contributed by atoms with van der Waals surface area (Å²) in [7, 11) is 0. The lowest BCUT2D eigenvalue weighted by Crippen LogP contribution is -2.47. The highest BCUT2D eigenvalue weighted by Gasteiger charge is 2.43. The zero-order valence-corrected chi connectivity index (χ0v) is 18.5. The fraction of sp³-hybridized carbons (Fsp3) is 0.400. The summed E-state index contributed by atoms with van der Waals surface area (Å²) in [4.78, 5) is 25.5. The third-order valence-corrected chi connectivity index (χ3v) is 6.89. The van der Waals surface area contributed by atoms with Crippen LogP contribution in [0.15, 0.2) is 52.9 Å². The number of benzene rings is 1. The molecule has 1 saturated carbocycles. The van der Waals surface area contributed by atoms with Crippen LogP contribution in [0.4, 0.5) is 0 Å². The highest BCUT2D eigenvalue weighted by Crippen LogP contribution is 2.44. The number of nitrogens with zero attached hydrogens (tertiary/aromatic N) is 4. The molecule has 1 aliphatic carbocycles. The zero-order valence-electron chi connectivity index (χ0n) is 18.5. The zero-order chi connectivity index (χ0) is 22.8. The number of aromatic nitrogens is 2. The number of rotatable bonds is 5. The average Bonchev–Trinajstić information content (AvgIpc) is 3.19. The fourth-order valence-corrected chi connectivity index (χ4v) is 4.50. The van der Waals surface area contributed by atoms with Gasteiger partial charge in [0, 0.05) is 18.8 Å². The van der Waals surface area contributed by atoms with Gasteiger partial charge >= 0.3 is 0 Å². The van der Waals surface area contributed by atoms with Crippen molar-refractivity contribution < 1.29 is 9.53 Å². The average molecular weight is 445 g/mol. The van der Waals surface area contributed by atoms with Gasteiger partial charge in [-0.1, -0.05) is 36.8 Å². The summed E-state index contributed by atoms with van der Waals surface area (Å²) in [5, 5.41) is 7.84. The van der Waals surface area contributed by atoms with Gasteiger partial charge in [-0.2, -0.15) is 4.99 Å². The van der Waals surface area contributed by atoms with Crippen molar-refractivity contribution in [2.24, 2.45) is 15.7 Å². The lowest BCUT2D eigenvalue weighted by atomic mass is 9.63. The predicted molar refractivity (Wildman–Crippen MR) is 128 cm³/mol. The molecule has 1 aromatic carbocycles. The first-order valence-electron chi connectivity index (χ1n) is 11.5. The van der Waals surface area contributed by atoms with Crippen LogP contribution >= 0.6 is 0 Å². The Balaban J connectivity index is 1.35. The van der Waals surface area contributed by atoms with E-state index in [-0.39, 0.29) is 6.04 Å². The van der Waals surface area contributed by atoms with E-state index in [1.165, 1.54) is 0 Å². The van der Waals surface area contributed by atoms with Gasteiger partial charge in [-0.15, -0.1) is 0 Å². The van der Waals surface area contributed by atoms with E-state index in [2.05, 4.69) is 45.3 Å². The number of allylic oxidation sites excluding steroid dienone is 2. The van der Waals surface area contributed by atoms with Gasteiger partial charge in [-0.3, -0.25) is 10.2 Å². The van der Waals surface area contributed by atoms with E-state index >= 15 is 0 Å². The molecule has 3 N–H and O–H groups in total. The van der Waals surface area contributed by atoms with Gasteiger partial charge < -0.3 is 15.0 Å². The van der Waals surface area contributed by atoms with Crippen LogP contribution in [0.5, 0.6) is 0 Å². The molecule has 3 aliphatic rings. The molecule has 170 valence electrons. The second-order valence-electron chi connectivity index (χ2n) is 8.97. The van der Waals surface area contributed by atoms with E-state index < -0.39 is 11.3 Å². The van der Waals surface area contributed by atoms with Gasteiger partial charge in [-0.25, -0.2) is 9.98 Å². The maximum absolute atomic E-state index is 12.7. The monoisotopic (exact) mass is 444 g/mol. The van der Waals surface area contributed by atoms with E-state index in [1.54, 1.807) is 18.7 Å². The van der Waals surface area contributed by atoms with E-state index in [4.69, 9.17) is 15.9 Å².